The van der Waals surface area contributed by atoms with Crippen molar-refractivity contribution in [3.63, 3.8) is 0 Å². The van der Waals surface area contributed by atoms with Gasteiger partial charge in [0.05, 0.1) is 6.61 Å². The Morgan fingerprint density at radius 2 is 1.92 bits per heavy atom. The monoisotopic (exact) mass is 186 g/mol. The van der Waals surface area contributed by atoms with Crippen LogP contribution in [-0.4, -0.2) is 11.7 Å². The van der Waals surface area contributed by atoms with Crippen molar-refractivity contribution in [1.29, 1.82) is 0 Å². The lowest BCUT2D eigenvalue weighted by atomic mass is 9.85. The van der Waals surface area contributed by atoms with E-state index in [4.69, 9.17) is 5.11 Å². The third-order valence-electron chi connectivity index (χ3n) is 2.06. The van der Waals surface area contributed by atoms with Gasteiger partial charge in [-0.25, -0.2) is 8.78 Å². The third-order valence-corrected chi connectivity index (χ3v) is 2.06. The highest BCUT2D eigenvalue weighted by Gasteiger charge is 2.23. The molecule has 0 bridgehead atoms. The van der Waals surface area contributed by atoms with E-state index in [0.29, 0.717) is 5.56 Å². The third kappa shape index (κ3) is 2.04. The minimum absolute atomic E-state index is 0.171. The summed E-state index contributed by atoms with van der Waals surface area (Å²) in [5, 5.41) is 8.98. The zero-order valence-corrected chi connectivity index (χ0v) is 7.64. The number of aliphatic hydroxyl groups excluding tert-OH is 1. The second-order valence-corrected chi connectivity index (χ2v) is 3.67. The Bertz CT molecular complexity index is 308. The minimum Gasteiger partial charge on any atom is -0.395 e. The lowest BCUT2D eigenvalue weighted by Crippen LogP contribution is -2.23. The van der Waals surface area contributed by atoms with E-state index in [1.165, 1.54) is 12.1 Å². The fraction of sp³-hybridized carbons (Fsp3) is 0.400. The molecule has 0 saturated heterocycles. The van der Waals surface area contributed by atoms with E-state index in [1.54, 1.807) is 13.8 Å². The Morgan fingerprint density at radius 1 is 1.31 bits per heavy atom. The van der Waals surface area contributed by atoms with Gasteiger partial charge in [0.25, 0.3) is 0 Å². The zero-order valence-electron chi connectivity index (χ0n) is 7.64. The first-order chi connectivity index (χ1) is 5.97. The lowest BCUT2D eigenvalue weighted by Gasteiger charge is -2.22. The van der Waals surface area contributed by atoms with Crippen molar-refractivity contribution in [1.82, 2.24) is 0 Å². The number of rotatable bonds is 2. The molecule has 1 aromatic carbocycles. The normalized spacial score (nSPS) is 11.8. The van der Waals surface area contributed by atoms with Crippen molar-refractivity contribution in [2.75, 3.05) is 6.61 Å². The molecule has 0 saturated carbocycles. The van der Waals surface area contributed by atoms with E-state index >= 15 is 0 Å². The van der Waals surface area contributed by atoms with Crippen LogP contribution in [0.15, 0.2) is 18.2 Å². The van der Waals surface area contributed by atoms with Crippen molar-refractivity contribution >= 4 is 0 Å². The summed E-state index contributed by atoms with van der Waals surface area (Å²) in [6, 6.07) is 3.38. The smallest absolute Gasteiger partial charge is 0.129 e. The van der Waals surface area contributed by atoms with E-state index < -0.39 is 17.0 Å². The number of aliphatic hydroxyl groups is 1. The Hall–Kier alpha value is -0.960. The summed E-state index contributed by atoms with van der Waals surface area (Å²) < 4.78 is 25.7. The molecule has 1 aromatic rings. The molecule has 0 aromatic heterocycles. The molecule has 0 aliphatic heterocycles. The van der Waals surface area contributed by atoms with Crippen molar-refractivity contribution < 1.29 is 13.9 Å². The van der Waals surface area contributed by atoms with Crippen LogP contribution < -0.4 is 0 Å². The molecule has 1 rings (SSSR count). The quantitative estimate of drug-likeness (QED) is 0.751. The fourth-order valence-electron chi connectivity index (χ4n) is 1.12. The van der Waals surface area contributed by atoms with Crippen LogP contribution in [0.25, 0.3) is 0 Å². The van der Waals surface area contributed by atoms with Gasteiger partial charge in [-0.1, -0.05) is 19.9 Å². The number of halogens is 2. The molecule has 0 fully saturated rings. The van der Waals surface area contributed by atoms with Crippen molar-refractivity contribution in [3.05, 3.63) is 35.4 Å². The lowest BCUT2D eigenvalue weighted by molar-refractivity contribution is 0.215. The summed E-state index contributed by atoms with van der Waals surface area (Å²) in [5.41, 5.74) is -0.339. The SMILES string of the molecule is CC(C)(CO)c1ccc(F)cc1F. The average molecular weight is 186 g/mol. The highest BCUT2D eigenvalue weighted by Crippen LogP contribution is 2.25. The van der Waals surface area contributed by atoms with Crippen LogP contribution in [0.3, 0.4) is 0 Å². The standard InChI is InChI=1S/C10H12F2O/c1-10(2,6-13)8-4-3-7(11)5-9(8)12/h3-5,13H,6H2,1-2H3. The largest absolute Gasteiger partial charge is 0.395 e. The molecule has 1 N–H and O–H groups in total. The minimum atomic E-state index is -0.669. The molecule has 0 amide bonds. The second kappa shape index (κ2) is 3.42. The second-order valence-electron chi connectivity index (χ2n) is 3.67. The van der Waals surface area contributed by atoms with Crippen LogP contribution in [0.4, 0.5) is 8.78 Å². The molecule has 72 valence electrons. The van der Waals surface area contributed by atoms with E-state index in [-0.39, 0.29) is 6.61 Å². The average Bonchev–Trinajstić information content (AvgIpc) is 2.03. The van der Waals surface area contributed by atoms with Crippen LogP contribution in [-0.2, 0) is 5.41 Å². The van der Waals surface area contributed by atoms with Crippen molar-refractivity contribution in [2.24, 2.45) is 0 Å². The topological polar surface area (TPSA) is 20.2 Å². The van der Waals surface area contributed by atoms with Crippen LogP contribution in [0, 0.1) is 11.6 Å². The zero-order chi connectivity index (χ0) is 10.1. The maximum atomic E-state index is 13.2. The highest BCUT2D eigenvalue weighted by atomic mass is 19.1. The summed E-state index contributed by atoms with van der Waals surface area (Å²) in [6.07, 6.45) is 0. The van der Waals surface area contributed by atoms with E-state index in [0.717, 1.165) is 6.07 Å². The predicted molar refractivity (Wildman–Crippen MR) is 46.5 cm³/mol. The first kappa shape index (κ1) is 10.1. The summed E-state index contributed by atoms with van der Waals surface area (Å²) in [4.78, 5) is 0. The van der Waals surface area contributed by atoms with Crippen molar-refractivity contribution in [3.8, 4) is 0 Å². The van der Waals surface area contributed by atoms with E-state index in [9.17, 15) is 8.78 Å². The summed E-state index contributed by atoms with van der Waals surface area (Å²) in [6.45, 7) is 3.22. The summed E-state index contributed by atoms with van der Waals surface area (Å²) in [7, 11) is 0. The fourth-order valence-corrected chi connectivity index (χ4v) is 1.12. The number of hydrogen-bond acceptors (Lipinski definition) is 1. The molecule has 0 unspecified atom stereocenters. The Morgan fingerprint density at radius 3 is 2.38 bits per heavy atom. The molecule has 0 atom stereocenters. The number of benzene rings is 1. The van der Waals surface area contributed by atoms with Gasteiger partial charge in [-0.3, -0.25) is 0 Å². The van der Waals surface area contributed by atoms with Gasteiger partial charge in [0.1, 0.15) is 11.6 Å². The van der Waals surface area contributed by atoms with Gasteiger partial charge in [0.2, 0.25) is 0 Å². The van der Waals surface area contributed by atoms with Gasteiger partial charge in [-0.15, -0.1) is 0 Å². The Balaban J connectivity index is 3.16. The van der Waals surface area contributed by atoms with E-state index in [1.807, 2.05) is 0 Å². The van der Waals surface area contributed by atoms with Crippen LogP contribution in [0.2, 0.25) is 0 Å². The van der Waals surface area contributed by atoms with Crippen LogP contribution >= 0.6 is 0 Å². The van der Waals surface area contributed by atoms with Gasteiger partial charge >= 0.3 is 0 Å². The number of hydrogen-bond donors (Lipinski definition) is 1. The maximum absolute atomic E-state index is 13.2. The summed E-state index contributed by atoms with van der Waals surface area (Å²) >= 11 is 0. The van der Waals surface area contributed by atoms with Crippen molar-refractivity contribution in [2.45, 2.75) is 19.3 Å². The van der Waals surface area contributed by atoms with Gasteiger partial charge in [-0.2, -0.15) is 0 Å². The first-order valence-electron chi connectivity index (χ1n) is 4.04. The van der Waals surface area contributed by atoms with Crippen LogP contribution in [0.1, 0.15) is 19.4 Å². The van der Waals surface area contributed by atoms with Gasteiger partial charge in [0, 0.05) is 11.5 Å². The van der Waals surface area contributed by atoms with Crippen LogP contribution in [0.5, 0.6) is 0 Å². The maximum Gasteiger partial charge on any atom is 0.129 e. The van der Waals surface area contributed by atoms with E-state index in [2.05, 4.69) is 0 Å². The van der Waals surface area contributed by atoms with Gasteiger partial charge in [-0.05, 0) is 11.6 Å². The molecule has 0 heterocycles. The molecule has 3 heteroatoms. The molecule has 0 aliphatic rings. The molecular weight excluding hydrogens is 174 g/mol. The predicted octanol–water partition coefficient (Wildman–Crippen LogP) is 2.23. The molecule has 13 heavy (non-hydrogen) atoms. The molecule has 0 spiro atoms. The first-order valence-corrected chi connectivity index (χ1v) is 4.04. The molecule has 1 nitrogen and oxygen atoms in total. The van der Waals surface area contributed by atoms with Gasteiger partial charge in [0.15, 0.2) is 0 Å². The van der Waals surface area contributed by atoms with Gasteiger partial charge < -0.3 is 5.11 Å². The highest BCUT2D eigenvalue weighted by molar-refractivity contribution is 5.26. The summed E-state index contributed by atoms with van der Waals surface area (Å²) in [5.74, 6) is -1.21. The Labute approximate surface area is 76.0 Å². The molecule has 0 aliphatic carbocycles. The molecule has 0 radical (unpaired) electrons. The Kier molecular flexibility index (Phi) is 2.66. The molecular formula is C10H12F2O.